The zero-order valence-corrected chi connectivity index (χ0v) is 9.68. The van der Waals surface area contributed by atoms with Crippen LogP contribution >= 0.6 is 0 Å². The zero-order valence-electron chi connectivity index (χ0n) is 9.68. The second kappa shape index (κ2) is 6.20. The molecule has 1 N–H and O–H groups in total. The molecule has 1 unspecified atom stereocenters. The van der Waals surface area contributed by atoms with Gasteiger partial charge in [0.1, 0.15) is 0 Å². The lowest BCUT2D eigenvalue weighted by Crippen LogP contribution is -2.39. The van der Waals surface area contributed by atoms with Gasteiger partial charge < -0.3 is 10.2 Å². The Morgan fingerprint density at radius 2 is 2.36 bits per heavy atom. The minimum Gasteiger partial charge on any atom is -0.319 e. The van der Waals surface area contributed by atoms with Crippen molar-refractivity contribution in [3.05, 3.63) is 12.2 Å². The van der Waals surface area contributed by atoms with E-state index in [1.807, 2.05) is 7.05 Å². The molecule has 0 bridgehead atoms. The Kier molecular flexibility index (Phi) is 5.20. The number of nitrogens with one attached hydrogen (secondary N) is 1. The summed E-state index contributed by atoms with van der Waals surface area (Å²) in [5.74, 6) is 0.860. The van der Waals surface area contributed by atoms with Crippen LogP contribution in [0.5, 0.6) is 0 Å². The average molecular weight is 196 g/mol. The van der Waals surface area contributed by atoms with Crippen molar-refractivity contribution in [2.75, 3.05) is 33.2 Å². The average Bonchev–Trinajstić information content (AvgIpc) is 2.16. The Bertz CT molecular complexity index is 175. The van der Waals surface area contributed by atoms with Crippen LogP contribution in [0.25, 0.3) is 0 Å². The molecule has 2 nitrogen and oxygen atoms in total. The van der Waals surface area contributed by atoms with Gasteiger partial charge in [-0.05, 0) is 52.2 Å². The molecular weight excluding hydrogens is 172 g/mol. The number of rotatable bonds is 5. The first-order valence-electron chi connectivity index (χ1n) is 5.73. The summed E-state index contributed by atoms with van der Waals surface area (Å²) in [6.45, 7) is 11.0. The molecule has 14 heavy (non-hydrogen) atoms. The molecule has 1 rings (SSSR count). The largest absolute Gasteiger partial charge is 0.319 e. The second-order valence-electron chi connectivity index (χ2n) is 4.57. The molecule has 2 heteroatoms. The summed E-state index contributed by atoms with van der Waals surface area (Å²) in [6.07, 6.45) is 3.92. The van der Waals surface area contributed by atoms with Gasteiger partial charge in [-0.15, -0.1) is 6.58 Å². The third-order valence-corrected chi connectivity index (χ3v) is 2.95. The molecule has 0 saturated carbocycles. The fraction of sp³-hybridized carbons (Fsp3) is 0.833. The third kappa shape index (κ3) is 4.25. The molecule has 0 spiro atoms. The molecule has 1 fully saturated rings. The first-order valence-corrected chi connectivity index (χ1v) is 5.73. The van der Waals surface area contributed by atoms with Crippen LogP contribution in [0.4, 0.5) is 0 Å². The maximum Gasteiger partial charge on any atom is 0.00219 e. The molecule has 1 heterocycles. The highest BCUT2D eigenvalue weighted by Crippen LogP contribution is 2.16. The molecule has 1 aliphatic rings. The van der Waals surface area contributed by atoms with Gasteiger partial charge in [0.2, 0.25) is 0 Å². The van der Waals surface area contributed by atoms with Gasteiger partial charge in [-0.1, -0.05) is 5.57 Å². The SMILES string of the molecule is C=C(C)CCN1CCCC(CNC)C1. The van der Waals surface area contributed by atoms with E-state index >= 15 is 0 Å². The monoisotopic (exact) mass is 196 g/mol. The van der Waals surface area contributed by atoms with E-state index in [9.17, 15) is 0 Å². The Morgan fingerprint density at radius 1 is 1.57 bits per heavy atom. The molecule has 1 atom stereocenters. The Labute approximate surface area is 88.4 Å². The van der Waals surface area contributed by atoms with Gasteiger partial charge in [0.15, 0.2) is 0 Å². The predicted octanol–water partition coefficient (Wildman–Crippen LogP) is 1.88. The molecule has 0 aromatic carbocycles. The zero-order chi connectivity index (χ0) is 10.4. The predicted molar refractivity (Wildman–Crippen MR) is 62.5 cm³/mol. The van der Waals surface area contributed by atoms with E-state index in [-0.39, 0.29) is 0 Å². The number of likely N-dealkylation sites (tertiary alicyclic amines) is 1. The maximum atomic E-state index is 3.96. The minimum absolute atomic E-state index is 0.860. The van der Waals surface area contributed by atoms with Crippen LogP contribution in [0.1, 0.15) is 26.2 Å². The number of hydrogen-bond acceptors (Lipinski definition) is 2. The van der Waals surface area contributed by atoms with Crippen molar-refractivity contribution in [1.29, 1.82) is 0 Å². The highest BCUT2D eigenvalue weighted by Gasteiger charge is 2.18. The smallest absolute Gasteiger partial charge is 0.00219 e. The molecule has 82 valence electrons. The van der Waals surface area contributed by atoms with Crippen molar-refractivity contribution in [2.24, 2.45) is 5.92 Å². The normalized spacial score (nSPS) is 23.7. The highest BCUT2D eigenvalue weighted by atomic mass is 15.1. The van der Waals surface area contributed by atoms with Crippen LogP contribution in [0.2, 0.25) is 0 Å². The summed E-state index contributed by atoms with van der Waals surface area (Å²) < 4.78 is 0. The van der Waals surface area contributed by atoms with Crippen LogP contribution in [-0.2, 0) is 0 Å². The van der Waals surface area contributed by atoms with E-state index in [4.69, 9.17) is 0 Å². The lowest BCUT2D eigenvalue weighted by molar-refractivity contribution is 0.175. The summed E-state index contributed by atoms with van der Waals surface area (Å²) in [4.78, 5) is 2.58. The van der Waals surface area contributed by atoms with Gasteiger partial charge >= 0.3 is 0 Å². The van der Waals surface area contributed by atoms with E-state index in [1.165, 1.54) is 44.6 Å². The van der Waals surface area contributed by atoms with Gasteiger partial charge in [-0.25, -0.2) is 0 Å². The van der Waals surface area contributed by atoms with E-state index in [1.54, 1.807) is 0 Å². The Balaban J connectivity index is 2.21. The van der Waals surface area contributed by atoms with Gasteiger partial charge in [0.05, 0.1) is 0 Å². The summed E-state index contributed by atoms with van der Waals surface area (Å²) >= 11 is 0. The summed E-state index contributed by atoms with van der Waals surface area (Å²) in [5.41, 5.74) is 1.31. The van der Waals surface area contributed by atoms with Crippen LogP contribution in [-0.4, -0.2) is 38.1 Å². The second-order valence-corrected chi connectivity index (χ2v) is 4.57. The molecule has 0 aliphatic carbocycles. The van der Waals surface area contributed by atoms with Crippen molar-refractivity contribution in [3.63, 3.8) is 0 Å². The van der Waals surface area contributed by atoms with E-state index in [0.717, 1.165) is 12.3 Å². The van der Waals surface area contributed by atoms with Gasteiger partial charge in [0, 0.05) is 13.1 Å². The lowest BCUT2D eigenvalue weighted by Gasteiger charge is -2.32. The molecule has 0 aromatic rings. The quantitative estimate of drug-likeness (QED) is 0.675. The molecular formula is C12H24N2. The number of piperidine rings is 1. The van der Waals surface area contributed by atoms with E-state index in [0.29, 0.717) is 0 Å². The molecule has 0 aromatic heterocycles. The van der Waals surface area contributed by atoms with Crippen molar-refractivity contribution < 1.29 is 0 Å². The summed E-state index contributed by atoms with van der Waals surface area (Å²) in [6, 6.07) is 0. The molecule has 0 amide bonds. The fourth-order valence-corrected chi connectivity index (χ4v) is 2.16. The first kappa shape index (κ1) is 11.7. The van der Waals surface area contributed by atoms with Gasteiger partial charge in [-0.3, -0.25) is 0 Å². The van der Waals surface area contributed by atoms with Crippen LogP contribution in [0.3, 0.4) is 0 Å². The third-order valence-electron chi connectivity index (χ3n) is 2.95. The van der Waals surface area contributed by atoms with Crippen LogP contribution < -0.4 is 5.32 Å². The number of nitrogens with zero attached hydrogens (tertiary/aromatic N) is 1. The van der Waals surface area contributed by atoms with Crippen LogP contribution in [0, 0.1) is 5.92 Å². The topological polar surface area (TPSA) is 15.3 Å². The van der Waals surface area contributed by atoms with E-state index < -0.39 is 0 Å². The van der Waals surface area contributed by atoms with Crippen molar-refractivity contribution in [1.82, 2.24) is 10.2 Å². The minimum atomic E-state index is 0.860. The Hall–Kier alpha value is -0.340. The lowest BCUT2D eigenvalue weighted by atomic mass is 9.98. The molecule has 1 saturated heterocycles. The Morgan fingerprint density at radius 3 is 3.00 bits per heavy atom. The van der Waals surface area contributed by atoms with E-state index in [2.05, 4.69) is 23.7 Å². The summed E-state index contributed by atoms with van der Waals surface area (Å²) in [7, 11) is 2.05. The number of hydrogen-bond donors (Lipinski definition) is 1. The fourth-order valence-electron chi connectivity index (χ4n) is 2.16. The van der Waals surface area contributed by atoms with Crippen molar-refractivity contribution >= 4 is 0 Å². The standard InChI is InChI=1S/C12H24N2/c1-11(2)6-8-14-7-4-5-12(10-14)9-13-3/h12-13H,1,4-10H2,2-3H3. The van der Waals surface area contributed by atoms with Crippen molar-refractivity contribution in [3.8, 4) is 0 Å². The highest BCUT2D eigenvalue weighted by molar-refractivity contribution is 4.89. The first-order chi connectivity index (χ1) is 6.72. The van der Waals surface area contributed by atoms with Crippen molar-refractivity contribution in [2.45, 2.75) is 26.2 Å². The van der Waals surface area contributed by atoms with Crippen LogP contribution in [0.15, 0.2) is 12.2 Å². The molecule has 1 aliphatic heterocycles. The summed E-state index contributed by atoms with van der Waals surface area (Å²) in [5, 5.41) is 3.28. The van der Waals surface area contributed by atoms with Gasteiger partial charge in [0.25, 0.3) is 0 Å². The molecule has 0 radical (unpaired) electrons. The van der Waals surface area contributed by atoms with Gasteiger partial charge in [-0.2, -0.15) is 0 Å². The maximum absolute atomic E-state index is 3.96.